The first-order valence-electron chi connectivity index (χ1n) is 10.7. The van der Waals surface area contributed by atoms with E-state index in [4.69, 9.17) is 0 Å². The fourth-order valence-corrected chi connectivity index (χ4v) is 4.79. The van der Waals surface area contributed by atoms with Crippen LogP contribution in [0.4, 0.5) is 0 Å². The Hall–Kier alpha value is -2.25. The van der Waals surface area contributed by atoms with E-state index in [1.165, 1.54) is 25.7 Å². The molecule has 0 spiro atoms. The van der Waals surface area contributed by atoms with Gasteiger partial charge in [-0.05, 0) is 68.8 Å². The zero-order chi connectivity index (χ0) is 20.4. The minimum Gasteiger partial charge on any atom is -0.322 e. The standard InChI is InChI=1S/C22H30N4O3/c1-23-17-6-3-14(4-7-17)11-24-12-15-2-5-16-13-26(22(29)18(16)10-15)19-8-9-20(27)25-21(19)28/h2,5,10,14,17,19,23-24H,3-4,6-9,11-13H2,1H3,(H,25,27,28). The molecule has 1 atom stereocenters. The lowest BCUT2D eigenvalue weighted by atomic mass is 9.86. The number of hydrogen-bond acceptors (Lipinski definition) is 5. The van der Waals surface area contributed by atoms with Gasteiger partial charge in [0.1, 0.15) is 6.04 Å². The molecule has 3 aliphatic rings. The van der Waals surface area contributed by atoms with Crippen LogP contribution in [0.15, 0.2) is 18.2 Å². The molecule has 7 heteroatoms. The van der Waals surface area contributed by atoms with Crippen molar-refractivity contribution in [1.29, 1.82) is 0 Å². The van der Waals surface area contributed by atoms with Crippen molar-refractivity contribution in [2.75, 3.05) is 13.6 Å². The molecule has 1 aromatic rings. The number of nitrogens with one attached hydrogen (secondary N) is 3. The molecule has 7 nitrogen and oxygen atoms in total. The summed E-state index contributed by atoms with van der Waals surface area (Å²) in [6.45, 7) is 2.18. The van der Waals surface area contributed by atoms with Crippen LogP contribution in [0.5, 0.6) is 0 Å². The minimum absolute atomic E-state index is 0.110. The number of hydrogen-bond donors (Lipinski definition) is 3. The third-order valence-corrected chi connectivity index (χ3v) is 6.61. The van der Waals surface area contributed by atoms with E-state index in [-0.39, 0.29) is 24.1 Å². The molecule has 29 heavy (non-hydrogen) atoms. The maximum absolute atomic E-state index is 12.9. The van der Waals surface area contributed by atoms with Crippen LogP contribution < -0.4 is 16.0 Å². The molecule has 2 heterocycles. The Morgan fingerprint density at radius 1 is 1.10 bits per heavy atom. The molecule has 0 aromatic heterocycles. The third-order valence-electron chi connectivity index (χ3n) is 6.61. The molecule has 1 saturated heterocycles. The van der Waals surface area contributed by atoms with E-state index in [2.05, 4.69) is 22.0 Å². The second-order valence-electron chi connectivity index (χ2n) is 8.53. The normalized spacial score (nSPS) is 27.1. The van der Waals surface area contributed by atoms with Crippen molar-refractivity contribution in [1.82, 2.24) is 20.9 Å². The molecule has 1 saturated carbocycles. The summed E-state index contributed by atoms with van der Waals surface area (Å²) in [6.07, 6.45) is 5.67. The van der Waals surface area contributed by atoms with Gasteiger partial charge in [0.05, 0.1) is 0 Å². The highest BCUT2D eigenvalue weighted by Gasteiger charge is 2.39. The summed E-state index contributed by atoms with van der Waals surface area (Å²) in [6, 6.07) is 6.12. The van der Waals surface area contributed by atoms with Gasteiger partial charge in [-0.25, -0.2) is 0 Å². The molecule has 156 valence electrons. The Kier molecular flexibility index (Phi) is 5.96. The van der Waals surface area contributed by atoms with Crippen LogP contribution in [-0.4, -0.2) is 48.3 Å². The molecule has 2 aliphatic heterocycles. The van der Waals surface area contributed by atoms with E-state index in [0.717, 1.165) is 30.1 Å². The van der Waals surface area contributed by atoms with E-state index in [0.29, 0.717) is 24.6 Å². The predicted octanol–water partition coefficient (Wildman–Crippen LogP) is 1.32. The van der Waals surface area contributed by atoms with Gasteiger partial charge < -0.3 is 15.5 Å². The number of carbonyl (C=O) groups is 3. The van der Waals surface area contributed by atoms with Crippen molar-refractivity contribution in [2.45, 2.75) is 63.7 Å². The first kappa shape index (κ1) is 20.0. The van der Waals surface area contributed by atoms with Gasteiger partial charge in [0, 0.05) is 31.1 Å². The summed E-state index contributed by atoms with van der Waals surface area (Å²) >= 11 is 0. The maximum Gasteiger partial charge on any atom is 0.255 e. The van der Waals surface area contributed by atoms with E-state index >= 15 is 0 Å². The molecular formula is C22H30N4O3. The molecule has 3 amide bonds. The maximum atomic E-state index is 12.9. The van der Waals surface area contributed by atoms with Crippen LogP contribution in [0.3, 0.4) is 0 Å². The number of rotatable bonds is 6. The van der Waals surface area contributed by atoms with Crippen molar-refractivity contribution in [3.8, 4) is 0 Å². The van der Waals surface area contributed by atoms with E-state index in [9.17, 15) is 14.4 Å². The Bertz CT molecular complexity index is 801. The number of benzene rings is 1. The molecule has 4 rings (SSSR count). The minimum atomic E-state index is -0.554. The molecule has 0 radical (unpaired) electrons. The SMILES string of the molecule is CNC1CCC(CNCc2ccc3c(c2)C(=O)N(C2CCC(=O)NC2=O)C3)CC1. The van der Waals surface area contributed by atoms with Crippen LogP contribution in [-0.2, 0) is 22.7 Å². The average Bonchev–Trinajstić information content (AvgIpc) is 3.04. The third kappa shape index (κ3) is 4.36. The summed E-state index contributed by atoms with van der Waals surface area (Å²) in [4.78, 5) is 38.0. The lowest BCUT2D eigenvalue weighted by Crippen LogP contribution is -2.52. The highest BCUT2D eigenvalue weighted by molar-refractivity contribution is 6.05. The molecule has 1 aliphatic carbocycles. The molecule has 3 N–H and O–H groups in total. The summed E-state index contributed by atoms with van der Waals surface area (Å²) < 4.78 is 0. The van der Waals surface area contributed by atoms with Gasteiger partial charge in [0.2, 0.25) is 11.8 Å². The van der Waals surface area contributed by atoms with E-state index in [1.54, 1.807) is 4.90 Å². The monoisotopic (exact) mass is 398 g/mol. The zero-order valence-corrected chi connectivity index (χ0v) is 17.0. The highest BCUT2D eigenvalue weighted by Crippen LogP contribution is 2.28. The van der Waals surface area contributed by atoms with E-state index in [1.807, 2.05) is 19.2 Å². The van der Waals surface area contributed by atoms with Crippen molar-refractivity contribution in [2.24, 2.45) is 5.92 Å². The molecule has 2 fully saturated rings. The number of carbonyl (C=O) groups excluding carboxylic acids is 3. The summed E-state index contributed by atoms with van der Waals surface area (Å²) in [5.41, 5.74) is 2.73. The van der Waals surface area contributed by atoms with Crippen molar-refractivity contribution < 1.29 is 14.4 Å². The first-order valence-corrected chi connectivity index (χ1v) is 10.7. The zero-order valence-electron chi connectivity index (χ0n) is 17.0. The van der Waals surface area contributed by atoms with Gasteiger partial charge in [0.15, 0.2) is 0 Å². The largest absolute Gasteiger partial charge is 0.322 e. The molecule has 1 unspecified atom stereocenters. The lowest BCUT2D eigenvalue weighted by molar-refractivity contribution is -0.136. The van der Waals surface area contributed by atoms with Crippen molar-refractivity contribution in [3.63, 3.8) is 0 Å². The number of imide groups is 1. The smallest absolute Gasteiger partial charge is 0.255 e. The second-order valence-corrected chi connectivity index (χ2v) is 8.53. The fourth-order valence-electron chi connectivity index (χ4n) is 4.79. The molecule has 0 bridgehead atoms. The van der Waals surface area contributed by atoms with Crippen LogP contribution in [0.2, 0.25) is 0 Å². The van der Waals surface area contributed by atoms with Gasteiger partial charge in [-0.3, -0.25) is 19.7 Å². The number of piperidine rings is 1. The van der Waals surface area contributed by atoms with Crippen LogP contribution in [0, 0.1) is 5.92 Å². The van der Waals surface area contributed by atoms with Crippen molar-refractivity contribution >= 4 is 17.7 Å². The number of fused-ring (bicyclic) bond motifs is 1. The first-order chi connectivity index (χ1) is 14.0. The Balaban J connectivity index is 1.32. The predicted molar refractivity (Wildman–Crippen MR) is 109 cm³/mol. The lowest BCUT2D eigenvalue weighted by Gasteiger charge is -2.29. The topological polar surface area (TPSA) is 90.5 Å². The summed E-state index contributed by atoms with van der Waals surface area (Å²) in [5.74, 6) is -0.0130. The number of amides is 3. The highest BCUT2D eigenvalue weighted by atomic mass is 16.2. The quantitative estimate of drug-likeness (QED) is 0.629. The fraction of sp³-hybridized carbons (Fsp3) is 0.591. The van der Waals surface area contributed by atoms with Gasteiger partial charge in [0.25, 0.3) is 5.91 Å². The Morgan fingerprint density at radius 3 is 2.62 bits per heavy atom. The van der Waals surface area contributed by atoms with Crippen molar-refractivity contribution in [3.05, 3.63) is 34.9 Å². The van der Waals surface area contributed by atoms with Gasteiger partial charge in [-0.1, -0.05) is 12.1 Å². The van der Waals surface area contributed by atoms with Gasteiger partial charge in [-0.2, -0.15) is 0 Å². The molecular weight excluding hydrogens is 368 g/mol. The van der Waals surface area contributed by atoms with E-state index < -0.39 is 6.04 Å². The van der Waals surface area contributed by atoms with Crippen LogP contribution >= 0.6 is 0 Å². The summed E-state index contributed by atoms with van der Waals surface area (Å²) in [7, 11) is 2.04. The second kappa shape index (κ2) is 8.63. The average molecular weight is 399 g/mol. The molecule has 1 aromatic carbocycles. The Morgan fingerprint density at radius 2 is 1.90 bits per heavy atom. The number of nitrogens with zero attached hydrogens (tertiary/aromatic N) is 1. The van der Waals surface area contributed by atoms with Crippen LogP contribution in [0.25, 0.3) is 0 Å². The van der Waals surface area contributed by atoms with Crippen LogP contribution in [0.1, 0.15) is 60.0 Å². The van der Waals surface area contributed by atoms with Gasteiger partial charge in [-0.15, -0.1) is 0 Å². The Labute approximate surface area is 171 Å². The van der Waals surface area contributed by atoms with Gasteiger partial charge >= 0.3 is 0 Å². The summed E-state index contributed by atoms with van der Waals surface area (Å²) in [5, 5.41) is 9.26.